The molecule has 0 spiro atoms. The Labute approximate surface area is 60.7 Å². The van der Waals surface area contributed by atoms with Crippen LogP contribution in [0.2, 0.25) is 0 Å². The lowest BCUT2D eigenvalue weighted by Gasteiger charge is -2.23. The van der Waals surface area contributed by atoms with Gasteiger partial charge in [0.1, 0.15) is 0 Å². The van der Waals surface area contributed by atoms with E-state index in [2.05, 4.69) is 6.07 Å². The second-order valence-electron chi connectivity index (χ2n) is 2.91. The predicted molar refractivity (Wildman–Crippen MR) is 39.9 cm³/mol. The van der Waals surface area contributed by atoms with Gasteiger partial charge in [-0.25, -0.2) is 6.07 Å². The van der Waals surface area contributed by atoms with Gasteiger partial charge in [-0.15, -0.1) is 5.56 Å². The third-order valence-corrected chi connectivity index (χ3v) is 2.23. The van der Waals surface area contributed by atoms with Crippen molar-refractivity contribution in [2.45, 2.75) is 25.4 Å². The van der Waals surface area contributed by atoms with Crippen LogP contribution in [0.5, 0.6) is 0 Å². The quantitative estimate of drug-likeness (QED) is 0.537. The zero-order valence-electron chi connectivity index (χ0n) is 5.88. The number of rotatable bonds is 0. The van der Waals surface area contributed by atoms with E-state index in [1.165, 1.54) is 5.56 Å². The van der Waals surface area contributed by atoms with Crippen LogP contribution in [-0.4, -0.2) is 5.11 Å². The zero-order valence-corrected chi connectivity index (χ0v) is 5.88. The molecule has 0 radical (unpaired) electrons. The summed E-state index contributed by atoms with van der Waals surface area (Å²) in [7, 11) is 0. The molecule has 1 N–H and O–H groups in total. The maximum Gasteiger partial charge on any atom is 0.0564 e. The summed E-state index contributed by atoms with van der Waals surface area (Å²) in [5.41, 5.74) is 2.50. The molecule has 0 heterocycles. The molecule has 0 saturated heterocycles. The lowest BCUT2D eigenvalue weighted by molar-refractivity contribution is 0.157. The van der Waals surface area contributed by atoms with Crippen LogP contribution in [0.1, 0.15) is 30.1 Å². The van der Waals surface area contributed by atoms with Crippen LogP contribution in [0.4, 0.5) is 0 Å². The number of hydrogen-bond donors (Lipinski definition) is 1. The molecule has 10 heavy (non-hydrogen) atoms. The highest BCUT2D eigenvalue weighted by molar-refractivity contribution is 5.32. The van der Waals surface area contributed by atoms with Crippen molar-refractivity contribution in [2.24, 2.45) is 0 Å². The zero-order chi connectivity index (χ0) is 6.97. The molecule has 1 atom stereocenters. The molecule has 54 valence electrons. The van der Waals surface area contributed by atoms with Crippen LogP contribution < -0.4 is 0 Å². The van der Waals surface area contributed by atoms with Gasteiger partial charge in [0, 0.05) is 0 Å². The number of aliphatic hydroxyl groups excluding tert-OH is 1. The van der Waals surface area contributed by atoms with E-state index in [1.807, 2.05) is 12.1 Å². The van der Waals surface area contributed by atoms with E-state index in [0.29, 0.717) is 0 Å². The van der Waals surface area contributed by atoms with Crippen LogP contribution >= 0.6 is 0 Å². The van der Waals surface area contributed by atoms with E-state index in [1.54, 1.807) is 0 Å². The minimum atomic E-state index is -0.182. The third kappa shape index (κ3) is 0.781. The van der Waals surface area contributed by atoms with Crippen molar-refractivity contribution >= 4 is 0 Å². The van der Waals surface area contributed by atoms with Crippen LogP contribution in [0, 0.1) is 0 Å². The molecule has 0 saturated carbocycles. The van der Waals surface area contributed by atoms with Crippen molar-refractivity contribution in [1.82, 2.24) is 0 Å². The standard InChI is InChI=1S/C9H11O/c10-9-6-2-4-7-3-1-5-8(7)9/h1,3,5,9-10H,2,4,6H2/q-1. The summed E-state index contributed by atoms with van der Waals surface area (Å²) < 4.78 is 0. The molecule has 1 aromatic rings. The molecule has 2 rings (SSSR count). The van der Waals surface area contributed by atoms with E-state index < -0.39 is 0 Å². The summed E-state index contributed by atoms with van der Waals surface area (Å²) >= 11 is 0. The Kier molecular flexibility index (Phi) is 1.31. The smallest absolute Gasteiger partial charge is 0.0564 e. The molecule has 0 aliphatic heterocycles. The molecular weight excluding hydrogens is 124 g/mol. The Balaban J connectivity index is 2.41. The van der Waals surface area contributed by atoms with E-state index in [4.69, 9.17) is 0 Å². The molecule has 0 fully saturated rings. The van der Waals surface area contributed by atoms with Crippen LogP contribution in [0.15, 0.2) is 18.2 Å². The van der Waals surface area contributed by atoms with E-state index in [0.717, 1.165) is 24.8 Å². The molecule has 0 amide bonds. The third-order valence-electron chi connectivity index (χ3n) is 2.23. The Morgan fingerprint density at radius 1 is 1.60 bits per heavy atom. The van der Waals surface area contributed by atoms with E-state index in [9.17, 15) is 5.11 Å². The van der Waals surface area contributed by atoms with Gasteiger partial charge in [-0.05, 0) is 6.42 Å². The maximum absolute atomic E-state index is 9.45. The van der Waals surface area contributed by atoms with E-state index >= 15 is 0 Å². The summed E-state index contributed by atoms with van der Waals surface area (Å²) in [6.07, 6.45) is 3.05. The van der Waals surface area contributed by atoms with Gasteiger partial charge in [-0.3, -0.25) is 0 Å². The second kappa shape index (κ2) is 2.17. The normalized spacial score (nSPS) is 24.3. The lowest BCUT2D eigenvalue weighted by Crippen LogP contribution is -2.05. The van der Waals surface area contributed by atoms with Crippen molar-refractivity contribution < 1.29 is 5.11 Å². The lowest BCUT2D eigenvalue weighted by atomic mass is 9.93. The summed E-state index contributed by atoms with van der Waals surface area (Å²) in [6, 6.07) is 6.16. The molecule has 1 aliphatic rings. The fraction of sp³-hybridized carbons (Fsp3) is 0.444. The SMILES string of the molecule is OC1CCCc2cc[cH-]c21. The van der Waals surface area contributed by atoms with Crippen molar-refractivity contribution in [3.63, 3.8) is 0 Å². The first-order valence-electron chi connectivity index (χ1n) is 3.80. The Bertz CT molecular complexity index is 224. The van der Waals surface area contributed by atoms with Crippen molar-refractivity contribution in [3.05, 3.63) is 29.3 Å². The van der Waals surface area contributed by atoms with Crippen LogP contribution in [-0.2, 0) is 6.42 Å². The summed E-state index contributed by atoms with van der Waals surface area (Å²) in [4.78, 5) is 0. The molecule has 1 aromatic carbocycles. The van der Waals surface area contributed by atoms with Gasteiger partial charge in [0.25, 0.3) is 0 Å². The topological polar surface area (TPSA) is 20.2 Å². The van der Waals surface area contributed by atoms with Gasteiger partial charge >= 0.3 is 0 Å². The molecular formula is C9H11O-. The summed E-state index contributed by atoms with van der Waals surface area (Å²) in [6.45, 7) is 0. The molecule has 0 bridgehead atoms. The number of hydrogen-bond acceptors (Lipinski definition) is 1. The first kappa shape index (κ1) is 6.05. The van der Waals surface area contributed by atoms with Crippen molar-refractivity contribution in [2.75, 3.05) is 0 Å². The Morgan fingerprint density at radius 2 is 2.50 bits per heavy atom. The van der Waals surface area contributed by atoms with Crippen molar-refractivity contribution in [1.29, 1.82) is 0 Å². The number of aryl methyl sites for hydroxylation is 1. The summed E-state index contributed by atoms with van der Waals surface area (Å²) in [5, 5.41) is 9.45. The molecule has 1 nitrogen and oxygen atoms in total. The fourth-order valence-electron chi connectivity index (χ4n) is 1.67. The minimum absolute atomic E-state index is 0.182. The van der Waals surface area contributed by atoms with Gasteiger partial charge in [-0.1, -0.05) is 12.8 Å². The highest BCUT2D eigenvalue weighted by Crippen LogP contribution is 2.29. The van der Waals surface area contributed by atoms with Crippen LogP contribution in [0.25, 0.3) is 0 Å². The fourth-order valence-corrected chi connectivity index (χ4v) is 1.67. The second-order valence-corrected chi connectivity index (χ2v) is 2.91. The largest absolute Gasteiger partial charge is 0.391 e. The highest BCUT2D eigenvalue weighted by Gasteiger charge is 2.10. The predicted octanol–water partition coefficient (Wildman–Crippen LogP) is 1.78. The Morgan fingerprint density at radius 3 is 3.30 bits per heavy atom. The first-order chi connectivity index (χ1) is 4.88. The monoisotopic (exact) mass is 135 g/mol. The van der Waals surface area contributed by atoms with E-state index in [-0.39, 0.29) is 6.10 Å². The highest BCUT2D eigenvalue weighted by atomic mass is 16.3. The number of fused-ring (bicyclic) bond motifs is 1. The summed E-state index contributed by atoms with van der Waals surface area (Å²) in [5.74, 6) is 0. The average Bonchev–Trinajstić information content (AvgIpc) is 2.36. The Hall–Kier alpha value is -0.690. The van der Waals surface area contributed by atoms with Gasteiger partial charge in [0.2, 0.25) is 0 Å². The van der Waals surface area contributed by atoms with Gasteiger partial charge in [-0.2, -0.15) is 17.7 Å². The van der Waals surface area contributed by atoms with Crippen LogP contribution in [0.3, 0.4) is 0 Å². The molecule has 0 aromatic heterocycles. The van der Waals surface area contributed by atoms with Gasteiger partial charge in [0.15, 0.2) is 0 Å². The molecule has 1 aliphatic carbocycles. The average molecular weight is 135 g/mol. The maximum atomic E-state index is 9.45. The van der Waals surface area contributed by atoms with Crippen molar-refractivity contribution in [3.8, 4) is 0 Å². The minimum Gasteiger partial charge on any atom is -0.391 e. The first-order valence-corrected chi connectivity index (χ1v) is 3.80. The number of aliphatic hydroxyl groups is 1. The molecule has 1 heteroatoms. The van der Waals surface area contributed by atoms with Gasteiger partial charge < -0.3 is 5.11 Å². The molecule has 1 unspecified atom stereocenters. The van der Waals surface area contributed by atoms with Gasteiger partial charge in [0.05, 0.1) is 6.10 Å².